The van der Waals surface area contributed by atoms with Crippen molar-refractivity contribution in [2.24, 2.45) is 5.41 Å². The van der Waals surface area contributed by atoms with Crippen molar-refractivity contribution < 1.29 is 13.4 Å². The number of halogens is 2. The van der Waals surface area contributed by atoms with Gasteiger partial charge in [-0.05, 0) is 119 Å². The molecule has 0 fully saturated rings. The first-order valence-corrected chi connectivity index (χ1v) is 18.8. The van der Waals surface area contributed by atoms with Crippen LogP contribution in [-0.2, 0) is 4.65 Å². The number of nitrogens with zero attached hydrogens (tertiary/aromatic N) is 1. The molecule has 0 spiro atoms. The second-order valence-corrected chi connectivity index (χ2v) is 15.4. The van der Waals surface area contributed by atoms with Gasteiger partial charge in [-0.3, -0.25) is 0 Å². The fourth-order valence-corrected chi connectivity index (χ4v) is 5.98. The van der Waals surface area contributed by atoms with Gasteiger partial charge < -0.3 is 9.55 Å². The SMILES string of the molecule is CB(OC(C)(C)C(C)(C)C)c1cccc(/C=C/c2ccc(N(c3ccc(/C=C/c4ccc(F)cc4)cc3)c3ccc(/C=C/c4ccc(F)cc4)cc3)cc2)c1. The minimum atomic E-state index is -0.275. The fraction of sp³-hybridized carbons (Fsp3) is 0.160. The molecule has 0 saturated carbocycles. The number of benzene rings is 6. The lowest BCUT2D eigenvalue weighted by atomic mass is 9.61. The van der Waals surface area contributed by atoms with Gasteiger partial charge in [-0.25, -0.2) is 8.78 Å². The molecule has 6 aromatic rings. The molecule has 6 aromatic carbocycles. The normalized spacial score (nSPS) is 12.2. The van der Waals surface area contributed by atoms with Crippen molar-refractivity contribution in [2.45, 2.75) is 47.0 Å². The van der Waals surface area contributed by atoms with Crippen LogP contribution in [0.3, 0.4) is 0 Å². The molecule has 55 heavy (non-hydrogen) atoms. The van der Waals surface area contributed by atoms with Gasteiger partial charge in [0.05, 0.1) is 5.60 Å². The summed E-state index contributed by atoms with van der Waals surface area (Å²) in [5, 5.41) is 0. The lowest BCUT2D eigenvalue weighted by Gasteiger charge is -2.40. The van der Waals surface area contributed by atoms with Gasteiger partial charge in [0.15, 0.2) is 0 Å². The minimum absolute atomic E-state index is 0.0144. The molecule has 0 aliphatic rings. The van der Waals surface area contributed by atoms with Crippen molar-refractivity contribution in [1.29, 1.82) is 0 Å². The van der Waals surface area contributed by atoms with Crippen molar-refractivity contribution in [3.8, 4) is 0 Å². The van der Waals surface area contributed by atoms with Crippen molar-refractivity contribution in [1.82, 2.24) is 0 Å². The van der Waals surface area contributed by atoms with E-state index in [0.717, 1.165) is 55.9 Å². The zero-order valence-electron chi connectivity index (χ0n) is 32.5. The van der Waals surface area contributed by atoms with Gasteiger partial charge in [-0.2, -0.15) is 0 Å². The molecular formula is C50H48BF2NO. The summed E-state index contributed by atoms with van der Waals surface area (Å²) in [6.45, 7) is 13.0. The molecule has 0 bridgehead atoms. The Morgan fingerprint density at radius 2 is 0.782 bits per heavy atom. The largest absolute Gasteiger partial charge is 0.426 e. The average Bonchev–Trinajstić information content (AvgIpc) is 3.18. The molecule has 0 amide bonds. The first-order valence-electron chi connectivity index (χ1n) is 18.8. The van der Waals surface area contributed by atoms with Gasteiger partial charge in [-0.15, -0.1) is 0 Å². The highest BCUT2D eigenvalue weighted by molar-refractivity contribution is 6.66. The van der Waals surface area contributed by atoms with Crippen LogP contribution in [-0.4, -0.2) is 12.5 Å². The third kappa shape index (κ3) is 10.5. The minimum Gasteiger partial charge on any atom is -0.426 e. The van der Waals surface area contributed by atoms with Crippen molar-refractivity contribution >= 4 is 65.9 Å². The third-order valence-corrected chi connectivity index (χ3v) is 10.3. The number of hydrogen-bond donors (Lipinski definition) is 0. The third-order valence-electron chi connectivity index (χ3n) is 10.3. The maximum atomic E-state index is 13.4. The van der Waals surface area contributed by atoms with E-state index in [1.54, 1.807) is 24.3 Å². The highest BCUT2D eigenvalue weighted by atomic mass is 19.1. The fourth-order valence-electron chi connectivity index (χ4n) is 5.98. The van der Waals surface area contributed by atoms with Crippen LogP contribution in [0, 0.1) is 17.0 Å². The Morgan fingerprint density at radius 1 is 0.455 bits per heavy atom. The van der Waals surface area contributed by atoms with E-state index in [0.29, 0.717) is 0 Å². The molecule has 0 aliphatic heterocycles. The van der Waals surface area contributed by atoms with Crippen molar-refractivity contribution in [3.05, 3.63) is 191 Å². The zero-order valence-corrected chi connectivity index (χ0v) is 32.5. The van der Waals surface area contributed by atoms with Crippen LogP contribution < -0.4 is 10.4 Å². The first-order chi connectivity index (χ1) is 26.3. The molecule has 0 heterocycles. The van der Waals surface area contributed by atoms with Gasteiger partial charge in [0, 0.05) is 17.1 Å². The predicted molar refractivity (Wildman–Crippen MR) is 233 cm³/mol. The maximum absolute atomic E-state index is 13.4. The number of hydrogen-bond acceptors (Lipinski definition) is 2. The molecule has 0 saturated heterocycles. The van der Waals surface area contributed by atoms with Gasteiger partial charge in [0.2, 0.25) is 0 Å². The van der Waals surface area contributed by atoms with E-state index in [4.69, 9.17) is 4.65 Å². The summed E-state index contributed by atoms with van der Waals surface area (Å²) in [5.74, 6) is -0.492. The average molecular weight is 728 g/mol. The second kappa shape index (κ2) is 17.1. The summed E-state index contributed by atoms with van der Waals surface area (Å²) in [5.41, 5.74) is 10.1. The standard InChI is InChI=1S/C50H48BF2NO/c1-49(2,3)50(4,5)55-51(6)43-9-7-8-42(36-43)15-14-41-24-34-48(35-25-41)54(46-30-20-39(21-31-46)12-10-37-16-26-44(52)27-17-37)47-32-22-40(23-33-47)13-11-38-18-28-45(53)29-19-38/h7-36H,1-6H3/b12-10+,13-11+,15-14+. The Morgan fingerprint density at radius 3 is 1.13 bits per heavy atom. The summed E-state index contributed by atoms with van der Waals surface area (Å²) in [6.07, 6.45) is 12.3. The molecule has 5 heteroatoms. The Kier molecular flexibility index (Phi) is 12.1. The Labute approximate surface area is 326 Å². The molecule has 2 nitrogen and oxygen atoms in total. The molecule has 0 atom stereocenters. The molecule has 6 rings (SSSR count). The monoisotopic (exact) mass is 727 g/mol. The lowest BCUT2D eigenvalue weighted by molar-refractivity contribution is 0.000449. The van der Waals surface area contributed by atoms with Crippen LogP contribution in [0.2, 0.25) is 6.82 Å². The first kappa shape index (κ1) is 38.9. The van der Waals surface area contributed by atoms with Crippen molar-refractivity contribution in [2.75, 3.05) is 4.90 Å². The van der Waals surface area contributed by atoms with E-state index < -0.39 is 0 Å². The summed E-state index contributed by atoms with van der Waals surface area (Å²) in [4.78, 5) is 2.23. The van der Waals surface area contributed by atoms with Crippen LogP contribution in [0.15, 0.2) is 146 Å². The van der Waals surface area contributed by atoms with E-state index in [9.17, 15) is 8.78 Å². The van der Waals surface area contributed by atoms with Crippen LogP contribution in [0.4, 0.5) is 25.8 Å². The summed E-state index contributed by atoms with van der Waals surface area (Å²) in [6, 6.07) is 46.8. The van der Waals surface area contributed by atoms with Crippen LogP contribution in [0.5, 0.6) is 0 Å². The van der Waals surface area contributed by atoms with E-state index in [2.05, 4.69) is 156 Å². The summed E-state index contributed by atoms with van der Waals surface area (Å²) in [7, 11) is 0. The van der Waals surface area contributed by atoms with Gasteiger partial charge in [0.1, 0.15) is 11.6 Å². The second-order valence-electron chi connectivity index (χ2n) is 15.4. The molecule has 0 aliphatic carbocycles. The topological polar surface area (TPSA) is 12.5 Å². The Hall–Kier alpha value is -5.78. The Balaban J connectivity index is 1.23. The van der Waals surface area contributed by atoms with Crippen LogP contribution in [0.25, 0.3) is 36.5 Å². The summed E-state index contributed by atoms with van der Waals surface area (Å²) >= 11 is 0. The van der Waals surface area contributed by atoms with E-state index in [-0.39, 0.29) is 29.6 Å². The van der Waals surface area contributed by atoms with Gasteiger partial charge in [-0.1, -0.05) is 149 Å². The smallest absolute Gasteiger partial charge is 0.324 e. The molecule has 276 valence electrons. The van der Waals surface area contributed by atoms with E-state index in [1.165, 1.54) is 24.3 Å². The maximum Gasteiger partial charge on any atom is 0.324 e. The zero-order chi connectivity index (χ0) is 39.0. The molecule has 0 N–H and O–H groups in total. The number of anilines is 3. The highest BCUT2D eigenvalue weighted by Crippen LogP contribution is 2.36. The van der Waals surface area contributed by atoms with Crippen LogP contribution >= 0.6 is 0 Å². The molecular weight excluding hydrogens is 679 g/mol. The molecule has 0 radical (unpaired) electrons. The highest BCUT2D eigenvalue weighted by Gasteiger charge is 2.36. The van der Waals surface area contributed by atoms with Gasteiger partial charge in [0.25, 0.3) is 0 Å². The quantitative estimate of drug-likeness (QED) is 0.0919. The van der Waals surface area contributed by atoms with Crippen LogP contribution in [0.1, 0.15) is 68.0 Å². The summed E-state index contributed by atoms with van der Waals surface area (Å²) < 4.78 is 33.3. The predicted octanol–water partition coefficient (Wildman–Crippen LogP) is 13.6. The number of rotatable bonds is 12. The van der Waals surface area contributed by atoms with Gasteiger partial charge >= 0.3 is 6.92 Å². The van der Waals surface area contributed by atoms with E-state index >= 15 is 0 Å². The Bertz CT molecular complexity index is 2150. The molecule has 0 unspecified atom stereocenters. The van der Waals surface area contributed by atoms with Crippen molar-refractivity contribution in [3.63, 3.8) is 0 Å². The van der Waals surface area contributed by atoms with E-state index in [1.807, 2.05) is 24.3 Å². The molecule has 0 aromatic heterocycles. The lowest BCUT2D eigenvalue weighted by Crippen LogP contribution is -2.46.